The van der Waals surface area contributed by atoms with Gasteiger partial charge in [-0.15, -0.1) is 0 Å². The van der Waals surface area contributed by atoms with E-state index in [1.165, 1.54) is 0 Å². The van der Waals surface area contributed by atoms with Crippen molar-refractivity contribution in [2.45, 2.75) is 59.0 Å². The number of hydrogen-bond acceptors (Lipinski definition) is 3. The monoisotopic (exact) mass is 227 g/mol. The highest BCUT2D eigenvalue weighted by Crippen LogP contribution is 2.36. The molecule has 0 heterocycles. The van der Waals surface area contributed by atoms with Crippen molar-refractivity contribution in [3.8, 4) is 0 Å². The van der Waals surface area contributed by atoms with Crippen LogP contribution in [0.25, 0.3) is 0 Å². The fourth-order valence-corrected chi connectivity index (χ4v) is 2.14. The predicted octanol–water partition coefficient (Wildman–Crippen LogP) is 2.48. The van der Waals surface area contributed by atoms with Gasteiger partial charge in [0.1, 0.15) is 6.10 Å². The minimum atomic E-state index is -0.0739. The molecule has 1 saturated carbocycles. The second-order valence-corrected chi connectivity index (χ2v) is 5.78. The molecule has 0 amide bonds. The second-order valence-electron chi connectivity index (χ2n) is 5.78. The standard InChI is InChI=1S/C13H25NO2/c1-10(6-9-14)12(15)16-11-4-7-13(2,3)8-5-11/h10-11H,4-9,14H2,1-3H3. The van der Waals surface area contributed by atoms with Crippen molar-refractivity contribution in [1.82, 2.24) is 0 Å². The minimum absolute atomic E-state index is 0.0556. The molecule has 0 aromatic carbocycles. The molecule has 3 heteroatoms. The number of carbonyl (C=O) groups excluding carboxylic acids is 1. The highest BCUT2D eigenvalue weighted by atomic mass is 16.5. The van der Waals surface area contributed by atoms with Crippen LogP contribution in [0.15, 0.2) is 0 Å². The van der Waals surface area contributed by atoms with E-state index in [0.717, 1.165) is 32.1 Å². The van der Waals surface area contributed by atoms with Crippen LogP contribution in [0.1, 0.15) is 52.9 Å². The van der Waals surface area contributed by atoms with Gasteiger partial charge in [-0.25, -0.2) is 0 Å². The second kappa shape index (κ2) is 5.67. The average molecular weight is 227 g/mol. The van der Waals surface area contributed by atoms with Gasteiger partial charge in [-0.05, 0) is 44.1 Å². The Bertz CT molecular complexity index is 228. The summed E-state index contributed by atoms with van der Waals surface area (Å²) in [5, 5.41) is 0. The van der Waals surface area contributed by atoms with Crippen LogP contribution >= 0.6 is 0 Å². The van der Waals surface area contributed by atoms with Crippen LogP contribution in [0.4, 0.5) is 0 Å². The van der Waals surface area contributed by atoms with E-state index in [1.807, 2.05) is 6.92 Å². The van der Waals surface area contributed by atoms with Crippen molar-refractivity contribution in [3.05, 3.63) is 0 Å². The van der Waals surface area contributed by atoms with Crippen LogP contribution in [-0.2, 0) is 9.53 Å². The quantitative estimate of drug-likeness (QED) is 0.751. The molecule has 0 aromatic heterocycles. The van der Waals surface area contributed by atoms with Crippen molar-refractivity contribution in [3.63, 3.8) is 0 Å². The van der Waals surface area contributed by atoms with Gasteiger partial charge >= 0.3 is 5.97 Å². The first kappa shape index (κ1) is 13.5. The van der Waals surface area contributed by atoms with Crippen LogP contribution in [0, 0.1) is 11.3 Å². The maximum Gasteiger partial charge on any atom is 0.308 e. The molecular formula is C13H25NO2. The third kappa shape index (κ3) is 4.12. The van der Waals surface area contributed by atoms with Gasteiger partial charge in [0.05, 0.1) is 5.92 Å². The molecule has 0 bridgehead atoms. The van der Waals surface area contributed by atoms with E-state index in [9.17, 15) is 4.79 Å². The summed E-state index contributed by atoms with van der Waals surface area (Å²) in [4.78, 5) is 11.7. The Morgan fingerprint density at radius 1 is 1.44 bits per heavy atom. The summed E-state index contributed by atoms with van der Waals surface area (Å²) in [5.74, 6) is -0.130. The van der Waals surface area contributed by atoms with Gasteiger partial charge in [-0.1, -0.05) is 20.8 Å². The Labute approximate surface area is 98.7 Å². The number of esters is 1. The van der Waals surface area contributed by atoms with E-state index in [-0.39, 0.29) is 18.0 Å². The van der Waals surface area contributed by atoms with E-state index >= 15 is 0 Å². The molecule has 3 nitrogen and oxygen atoms in total. The van der Waals surface area contributed by atoms with Crippen molar-refractivity contribution in [2.24, 2.45) is 17.1 Å². The molecule has 0 saturated heterocycles. The van der Waals surface area contributed by atoms with E-state index in [0.29, 0.717) is 12.0 Å². The molecule has 2 N–H and O–H groups in total. The average Bonchev–Trinajstić information content (AvgIpc) is 2.21. The number of rotatable bonds is 4. The third-order valence-electron chi connectivity index (χ3n) is 3.57. The normalized spacial score (nSPS) is 22.8. The fourth-order valence-electron chi connectivity index (χ4n) is 2.14. The molecule has 16 heavy (non-hydrogen) atoms. The molecule has 1 fully saturated rings. The topological polar surface area (TPSA) is 52.3 Å². The van der Waals surface area contributed by atoms with Crippen LogP contribution in [0.2, 0.25) is 0 Å². The summed E-state index contributed by atoms with van der Waals surface area (Å²) in [5.41, 5.74) is 5.85. The Kier molecular flexibility index (Phi) is 4.78. The Hall–Kier alpha value is -0.570. The number of nitrogens with two attached hydrogens (primary N) is 1. The molecule has 1 aliphatic rings. The van der Waals surface area contributed by atoms with Crippen molar-refractivity contribution in [2.75, 3.05) is 6.54 Å². The van der Waals surface area contributed by atoms with Crippen LogP contribution in [-0.4, -0.2) is 18.6 Å². The highest BCUT2D eigenvalue weighted by Gasteiger charge is 2.29. The zero-order valence-corrected chi connectivity index (χ0v) is 10.8. The van der Waals surface area contributed by atoms with Crippen molar-refractivity contribution < 1.29 is 9.53 Å². The molecule has 94 valence electrons. The lowest BCUT2D eigenvalue weighted by Crippen LogP contribution is -2.30. The van der Waals surface area contributed by atoms with E-state index in [1.54, 1.807) is 0 Å². The van der Waals surface area contributed by atoms with Crippen molar-refractivity contribution >= 4 is 5.97 Å². The lowest BCUT2D eigenvalue weighted by Gasteiger charge is -2.34. The van der Waals surface area contributed by atoms with E-state index in [2.05, 4.69) is 13.8 Å². The van der Waals surface area contributed by atoms with Gasteiger partial charge in [0.15, 0.2) is 0 Å². The Balaban J connectivity index is 2.31. The summed E-state index contributed by atoms with van der Waals surface area (Å²) in [6, 6.07) is 0. The SMILES string of the molecule is CC(CCN)C(=O)OC1CCC(C)(C)CC1. The molecule has 0 aromatic rings. The van der Waals surface area contributed by atoms with Gasteiger partial charge in [-0.2, -0.15) is 0 Å². The summed E-state index contributed by atoms with van der Waals surface area (Å²) < 4.78 is 5.50. The smallest absolute Gasteiger partial charge is 0.308 e. The van der Waals surface area contributed by atoms with Gasteiger partial charge < -0.3 is 10.5 Å². The number of carbonyl (C=O) groups is 1. The molecular weight excluding hydrogens is 202 g/mol. The summed E-state index contributed by atoms with van der Waals surface area (Å²) >= 11 is 0. The maximum atomic E-state index is 11.7. The fraction of sp³-hybridized carbons (Fsp3) is 0.923. The van der Waals surface area contributed by atoms with Gasteiger partial charge in [0, 0.05) is 0 Å². The first-order valence-corrected chi connectivity index (χ1v) is 6.35. The maximum absolute atomic E-state index is 11.7. The van der Waals surface area contributed by atoms with Gasteiger partial charge in [0.2, 0.25) is 0 Å². The molecule has 0 spiro atoms. The predicted molar refractivity (Wildman–Crippen MR) is 65.0 cm³/mol. The van der Waals surface area contributed by atoms with Gasteiger partial charge in [-0.3, -0.25) is 4.79 Å². The van der Waals surface area contributed by atoms with E-state index in [4.69, 9.17) is 10.5 Å². The highest BCUT2D eigenvalue weighted by molar-refractivity contribution is 5.72. The Morgan fingerprint density at radius 3 is 2.50 bits per heavy atom. The first-order chi connectivity index (χ1) is 7.44. The van der Waals surface area contributed by atoms with E-state index < -0.39 is 0 Å². The third-order valence-corrected chi connectivity index (χ3v) is 3.57. The molecule has 1 aliphatic carbocycles. The lowest BCUT2D eigenvalue weighted by molar-refractivity contribution is -0.156. The summed E-state index contributed by atoms with van der Waals surface area (Å²) in [6.07, 6.45) is 5.17. The van der Waals surface area contributed by atoms with Gasteiger partial charge in [0.25, 0.3) is 0 Å². The molecule has 0 radical (unpaired) electrons. The number of ether oxygens (including phenoxy) is 1. The van der Waals surface area contributed by atoms with Crippen LogP contribution in [0.3, 0.4) is 0 Å². The Morgan fingerprint density at radius 2 is 2.00 bits per heavy atom. The first-order valence-electron chi connectivity index (χ1n) is 6.35. The summed E-state index contributed by atoms with van der Waals surface area (Å²) in [6.45, 7) is 7.00. The van der Waals surface area contributed by atoms with Crippen molar-refractivity contribution in [1.29, 1.82) is 0 Å². The lowest BCUT2D eigenvalue weighted by atomic mass is 9.76. The molecule has 1 unspecified atom stereocenters. The molecule has 1 atom stereocenters. The van der Waals surface area contributed by atoms with Crippen LogP contribution in [0.5, 0.6) is 0 Å². The zero-order valence-electron chi connectivity index (χ0n) is 10.8. The van der Waals surface area contributed by atoms with Crippen LogP contribution < -0.4 is 5.73 Å². The summed E-state index contributed by atoms with van der Waals surface area (Å²) in [7, 11) is 0. The zero-order chi connectivity index (χ0) is 12.2. The molecule has 0 aliphatic heterocycles. The molecule has 1 rings (SSSR count). The largest absolute Gasteiger partial charge is 0.462 e. The number of hydrogen-bond donors (Lipinski definition) is 1. The minimum Gasteiger partial charge on any atom is -0.462 e.